The van der Waals surface area contributed by atoms with Crippen molar-refractivity contribution < 1.29 is 23.8 Å². The van der Waals surface area contributed by atoms with Gasteiger partial charge in [-0.05, 0) is 97.3 Å². The van der Waals surface area contributed by atoms with Crippen molar-refractivity contribution >= 4 is 29.7 Å². The summed E-state index contributed by atoms with van der Waals surface area (Å²) in [6.45, 7) is 14.2. The normalized spacial score (nSPS) is 19.4. The Kier molecular flexibility index (Phi) is 11.0. The minimum Gasteiger partial charge on any atom is -0.496 e. The van der Waals surface area contributed by atoms with Crippen LogP contribution < -0.4 is 14.4 Å². The summed E-state index contributed by atoms with van der Waals surface area (Å²) in [6, 6.07) is 17.6. The number of ether oxygens (including phenoxy) is 3. The second kappa shape index (κ2) is 15.2. The summed E-state index contributed by atoms with van der Waals surface area (Å²) in [6.07, 6.45) is 10.8. The number of benzene rings is 3. The largest absolute Gasteiger partial charge is 0.496 e. The second-order valence-corrected chi connectivity index (χ2v) is 12.8. The van der Waals surface area contributed by atoms with Gasteiger partial charge in [0.15, 0.2) is 0 Å². The number of amides is 1. The Balaban J connectivity index is 0.00000230. The van der Waals surface area contributed by atoms with E-state index in [0.717, 1.165) is 66.2 Å². The molecule has 7 nitrogen and oxygen atoms in total. The first-order valence-corrected chi connectivity index (χ1v) is 17.4. The summed E-state index contributed by atoms with van der Waals surface area (Å²) < 4.78 is 16.9. The Labute approximate surface area is 291 Å². The smallest absolute Gasteiger partial charge is 0.337 e. The van der Waals surface area contributed by atoms with E-state index in [-0.39, 0.29) is 23.3 Å². The van der Waals surface area contributed by atoms with E-state index in [4.69, 9.17) is 14.2 Å². The summed E-state index contributed by atoms with van der Waals surface area (Å²) in [5, 5.41) is 0. The van der Waals surface area contributed by atoms with Crippen molar-refractivity contribution in [2.75, 3.05) is 39.3 Å². The van der Waals surface area contributed by atoms with Crippen molar-refractivity contribution in [1.82, 2.24) is 4.90 Å². The van der Waals surface area contributed by atoms with Crippen LogP contribution in [0, 0.1) is 5.92 Å². The molecule has 2 fully saturated rings. The van der Waals surface area contributed by atoms with E-state index in [9.17, 15) is 9.59 Å². The molecule has 0 radical (unpaired) electrons. The molecule has 2 bridgehead atoms. The molecule has 2 atom stereocenters. The van der Waals surface area contributed by atoms with Gasteiger partial charge in [-0.3, -0.25) is 4.79 Å². The standard InChI is InChI=1S/C40H44N2O5.C2H6/c1-7-9-28-10-11-30(20-27(28)8-2)38(43)42(34-16-18-41(19-17-34)33-14-12-29(13-15-33)39(44)47-6)25-35-36(45-4)21-32(22-37(35)46-5)40-23-31(24-40)26(40)3;1-2/h7-15,20-23,26,34H,2,16-19,24-25H2,1,3-6H3;1-2H3/b9-7-;/t26-,40+;/m0./s1. The van der Waals surface area contributed by atoms with Gasteiger partial charge in [-0.2, -0.15) is 0 Å². The van der Waals surface area contributed by atoms with Gasteiger partial charge in [0.2, 0.25) is 0 Å². The molecule has 49 heavy (non-hydrogen) atoms. The molecule has 1 heterocycles. The molecule has 0 unspecified atom stereocenters. The van der Waals surface area contributed by atoms with Crippen LogP contribution in [-0.2, 0) is 16.7 Å². The van der Waals surface area contributed by atoms with Crippen LogP contribution in [0.2, 0.25) is 0 Å². The van der Waals surface area contributed by atoms with Crippen molar-refractivity contribution in [3.8, 4) is 11.5 Å². The second-order valence-electron chi connectivity index (χ2n) is 12.8. The number of carbonyl (C=O) groups excluding carboxylic acids is 2. The van der Waals surface area contributed by atoms with Crippen LogP contribution in [0.5, 0.6) is 11.5 Å². The van der Waals surface area contributed by atoms with Gasteiger partial charge < -0.3 is 24.0 Å². The minimum atomic E-state index is -0.350. The number of carbonyl (C=O) groups is 2. The third kappa shape index (κ3) is 6.63. The molecule has 3 aliphatic carbocycles. The van der Waals surface area contributed by atoms with Crippen LogP contribution in [0.3, 0.4) is 0 Å². The van der Waals surface area contributed by atoms with Gasteiger partial charge in [-0.1, -0.05) is 63.3 Å². The Morgan fingerprint density at radius 2 is 1.55 bits per heavy atom. The van der Waals surface area contributed by atoms with Gasteiger partial charge >= 0.3 is 5.97 Å². The van der Waals surface area contributed by atoms with Crippen LogP contribution in [0.4, 0.5) is 5.69 Å². The maximum absolute atomic E-state index is 14.5. The van der Waals surface area contributed by atoms with Crippen molar-refractivity contribution in [3.63, 3.8) is 0 Å². The average molecular weight is 663 g/mol. The third-order valence-electron chi connectivity index (χ3n) is 10.5. The maximum Gasteiger partial charge on any atom is 0.337 e. The number of anilines is 1. The molecule has 0 N–H and O–H groups in total. The molecule has 0 aromatic heterocycles. The van der Waals surface area contributed by atoms with Gasteiger partial charge in [0.25, 0.3) is 5.91 Å². The molecule has 4 aliphatic rings. The molecule has 1 amide bonds. The van der Waals surface area contributed by atoms with Gasteiger partial charge in [0, 0.05) is 35.8 Å². The zero-order chi connectivity index (χ0) is 35.3. The summed E-state index contributed by atoms with van der Waals surface area (Å²) in [5.41, 5.74) is 7.78. The van der Waals surface area contributed by atoms with Crippen LogP contribution in [0.15, 0.2) is 78.9 Å². The fourth-order valence-electron chi connectivity index (χ4n) is 7.42. The Hall–Kier alpha value is -4.78. The van der Waals surface area contributed by atoms with Crippen LogP contribution in [0.25, 0.3) is 12.2 Å². The number of nitrogens with zero attached hydrogens (tertiary/aromatic N) is 2. The molecule has 1 saturated heterocycles. The maximum atomic E-state index is 14.5. The fourth-order valence-corrected chi connectivity index (χ4v) is 7.42. The molecule has 7 rings (SSSR count). The number of hydrogen-bond donors (Lipinski definition) is 0. The van der Waals surface area contributed by atoms with Gasteiger partial charge in [0.05, 0.1) is 39.0 Å². The first kappa shape index (κ1) is 35.5. The Morgan fingerprint density at radius 1 is 0.939 bits per heavy atom. The molecule has 0 spiro atoms. The van der Waals surface area contributed by atoms with E-state index in [1.54, 1.807) is 32.4 Å². The van der Waals surface area contributed by atoms with E-state index in [1.165, 1.54) is 18.2 Å². The average Bonchev–Trinajstić information content (AvgIpc) is 3.13. The molecule has 3 aromatic rings. The topological polar surface area (TPSA) is 68.3 Å². The minimum absolute atomic E-state index is 0.00746. The van der Waals surface area contributed by atoms with Crippen molar-refractivity contribution in [3.05, 3.63) is 112 Å². The van der Waals surface area contributed by atoms with Crippen LogP contribution in [-0.4, -0.2) is 57.2 Å². The highest BCUT2D eigenvalue weighted by Crippen LogP contribution is 2.64. The molecular weight excluding hydrogens is 612 g/mol. The molecule has 3 aromatic carbocycles. The van der Waals surface area contributed by atoms with E-state index >= 15 is 0 Å². The number of allylic oxidation sites excluding steroid dienone is 3. The molecule has 7 heteroatoms. The van der Waals surface area contributed by atoms with Crippen LogP contribution >= 0.6 is 0 Å². The zero-order valence-electron chi connectivity index (χ0n) is 30.0. The number of hydrogen-bond acceptors (Lipinski definition) is 6. The lowest BCUT2D eigenvalue weighted by Crippen LogP contribution is -2.52. The lowest BCUT2D eigenvalue weighted by molar-refractivity contribution is 0.0599. The first-order chi connectivity index (χ1) is 23.8. The van der Waals surface area contributed by atoms with Gasteiger partial charge in [-0.15, -0.1) is 0 Å². The van der Waals surface area contributed by atoms with Crippen LogP contribution in [0.1, 0.15) is 89.9 Å². The fraction of sp³-hybridized carbons (Fsp3) is 0.381. The summed E-state index contributed by atoms with van der Waals surface area (Å²) in [4.78, 5) is 30.8. The quantitative estimate of drug-likeness (QED) is 0.151. The van der Waals surface area contributed by atoms with E-state index in [2.05, 4.69) is 36.6 Å². The van der Waals surface area contributed by atoms with E-state index in [1.807, 2.05) is 68.2 Å². The highest BCUT2D eigenvalue weighted by Gasteiger charge is 2.56. The molecule has 1 saturated carbocycles. The van der Waals surface area contributed by atoms with Gasteiger partial charge in [0.1, 0.15) is 11.5 Å². The Morgan fingerprint density at radius 3 is 2.04 bits per heavy atom. The molecule has 1 aliphatic heterocycles. The molecule has 258 valence electrons. The summed E-state index contributed by atoms with van der Waals surface area (Å²) in [7, 11) is 4.77. The van der Waals surface area contributed by atoms with Crippen molar-refractivity contribution in [2.24, 2.45) is 5.92 Å². The SMILES string of the molecule is C=Cc1cc(C(=O)N(Cc2c(OC)cc([C@]34C=C(C3)[C@@H]4C)cc2OC)C2CCN(c3ccc(C(=O)OC)cc3)CC2)ccc1/C=C\C.CC. The summed E-state index contributed by atoms with van der Waals surface area (Å²) in [5.74, 6) is 1.63. The van der Waals surface area contributed by atoms with Gasteiger partial charge in [-0.25, -0.2) is 4.79 Å². The van der Waals surface area contributed by atoms with Crippen molar-refractivity contribution in [2.45, 2.75) is 65.0 Å². The third-order valence-corrected chi connectivity index (χ3v) is 10.5. The number of methoxy groups -OCH3 is 3. The Bertz CT molecular complexity index is 1720. The zero-order valence-corrected chi connectivity index (χ0v) is 30.0. The summed E-state index contributed by atoms with van der Waals surface area (Å²) >= 11 is 0. The number of esters is 1. The monoisotopic (exact) mass is 662 g/mol. The lowest BCUT2D eigenvalue weighted by atomic mass is 9.44. The highest BCUT2D eigenvalue weighted by atomic mass is 16.5. The van der Waals surface area contributed by atoms with Crippen molar-refractivity contribution in [1.29, 1.82) is 0 Å². The number of rotatable bonds is 11. The lowest BCUT2D eigenvalue weighted by Gasteiger charge is -2.59. The molecular formula is C42H50N2O5. The first-order valence-electron chi connectivity index (χ1n) is 17.4. The van der Waals surface area contributed by atoms with E-state index < -0.39 is 0 Å². The van der Waals surface area contributed by atoms with E-state index in [0.29, 0.717) is 23.6 Å². The predicted molar refractivity (Wildman–Crippen MR) is 199 cm³/mol. The number of piperidine rings is 1. The predicted octanol–water partition coefficient (Wildman–Crippen LogP) is 8.72. The highest BCUT2D eigenvalue weighted by molar-refractivity contribution is 5.95.